The van der Waals surface area contributed by atoms with Crippen molar-refractivity contribution in [3.8, 4) is 0 Å². The first-order valence-corrected chi connectivity index (χ1v) is 6.21. The lowest BCUT2D eigenvalue weighted by Gasteiger charge is -2.09. The minimum atomic E-state index is -3.12. The molecule has 0 heterocycles. The summed E-state index contributed by atoms with van der Waals surface area (Å²) in [7, 11) is -3.12. The molecule has 0 saturated carbocycles. The minimum absolute atomic E-state index is 0.358. The summed E-state index contributed by atoms with van der Waals surface area (Å²) < 4.78 is 23.7. The SMILES string of the molecule is Cc1cc(C)cc(S(=O)(=O)C(C)C)c1. The van der Waals surface area contributed by atoms with Gasteiger partial charge < -0.3 is 0 Å². The van der Waals surface area contributed by atoms with Crippen LogP contribution in [0.5, 0.6) is 0 Å². The molecule has 14 heavy (non-hydrogen) atoms. The largest absolute Gasteiger partial charge is 0.223 e. The Balaban J connectivity index is 3.34. The summed E-state index contributed by atoms with van der Waals surface area (Å²) in [6.07, 6.45) is 0. The van der Waals surface area contributed by atoms with Gasteiger partial charge in [0.15, 0.2) is 9.84 Å². The molecule has 0 aliphatic heterocycles. The van der Waals surface area contributed by atoms with Crippen LogP contribution in [0.1, 0.15) is 25.0 Å². The van der Waals surface area contributed by atoms with E-state index < -0.39 is 9.84 Å². The Hall–Kier alpha value is -0.830. The highest BCUT2D eigenvalue weighted by Crippen LogP contribution is 2.18. The molecule has 0 aliphatic rings. The zero-order valence-corrected chi connectivity index (χ0v) is 9.85. The summed E-state index contributed by atoms with van der Waals surface area (Å²) >= 11 is 0. The molecule has 0 unspecified atom stereocenters. The summed E-state index contributed by atoms with van der Waals surface area (Å²) in [5.74, 6) is 0. The topological polar surface area (TPSA) is 34.1 Å². The Kier molecular flexibility index (Phi) is 3.00. The maximum atomic E-state index is 11.8. The van der Waals surface area contributed by atoms with Crippen LogP contribution >= 0.6 is 0 Å². The summed E-state index contributed by atoms with van der Waals surface area (Å²) in [4.78, 5) is 0.435. The quantitative estimate of drug-likeness (QED) is 0.754. The standard InChI is InChI=1S/C11H16O2S/c1-8(2)14(12,13)11-6-9(3)5-10(4)7-11/h5-8H,1-4H3. The predicted molar refractivity (Wildman–Crippen MR) is 58.2 cm³/mol. The second-order valence-corrected chi connectivity index (χ2v) is 6.42. The van der Waals surface area contributed by atoms with Crippen LogP contribution in [0.25, 0.3) is 0 Å². The van der Waals surface area contributed by atoms with Crippen LogP contribution < -0.4 is 0 Å². The first-order valence-electron chi connectivity index (χ1n) is 4.66. The molecule has 1 rings (SSSR count). The highest BCUT2D eigenvalue weighted by atomic mass is 32.2. The third kappa shape index (κ3) is 2.15. The predicted octanol–water partition coefficient (Wildman–Crippen LogP) is 2.49. The maximum Gasteiger partial charge on any atom is 0.180 e. The van der Waals surface area contributed by atoms with Crippen molar-refractivity contribution in [3.05, 3.63) is 29.3 Å². The number of aryl methyl sites for hydroxylation is 2. The Morgan fingerprint density at radius 2 is 1.43 bits per heavy atom. The van der Waals surface area contributed by atoms with Gasteiger partial charge in [-0.1, -0.05) is 6.07 Å². The van der Waals surface area contributed by atoms with E-state index in [1.807, 2.05) is 19.9 Å². The maximum absolute atomic E-state index is 11.8. The van der Waals surface area contributed by atoms with Crippen LogP contribution in [0, 0.1) is 13.8 Å². The molecule has 0 N–H and O–H groups in total. The van der Waals surface area contributed by atoms with Crippen molar-refractivity contribution < 1.29 is 8.42 Å². The highest BCUT2D eigenvalue weighted by Gasteiger charge is 2.19. The molecule has 78 valence electrons. The molecule has 0 amide bonds. The fourth-order valence-corrected chi connectivity index (χ4v) is 2.61. The lowest BCUT2D eigenvalue weighted by molar-refractivity contribution is 0.587. The van der Waals surface area contributed by atoms with Crippen LogP contribution in [0.2, 0.25) is 0 Å². The van der Waals surface area contributed by atoms with Crippen molar-refractivity contribution in [1.29, 1.82) is 0 Å². The van der Waals surface area contributed by atoms with Crippen molar-refractivity contribution in [3.63, 3.8) is 0 Å². The average molecular weight is 212 g/mol. The molecular weight excluding hydrogens is 196 g/mol. The Labute approximate surface area is 85.9 Å². The van der Waals surface area contributed by atoms with E-state index in [-0.39, 0.29) is 5.25 Å². The molecule has 0 atom stereocenters. The van der Waals surface area contributed by atoms with Gasteiger partial charge in [0.05, 0.1) is 10.1 Å². The Bertz CT molecular complexity index is 410. The van der Waals surface area contributed by atoms with Gasteiger partial charge in [0.1, 0.15) is 0 Å². The monoisotopic (exact) mass is 212 g/mol. The molecule has 3 heteroatoms. The van der Waals surface area contributed by atoms with E-state index in [0.29, 0.717) is 4.90 Å². The van der Waals surface area contributed by atoms with Gasteiger partial charge in [-0.2, -0.15) is 0 Å². The van der Waals surface area contributed by atoms with Gasteiger partial charge >= 0.3 is 0 Å². The van der Waals surface area contributed by atoms with Crippen molar-refractivity contribution in [2.45, 2.75) is 37.8 Å². The minimum Gasteiger partial charge on any atom is -0.223 e. The van der Waals surface area contributed by atoms with Crippen LogP contribution in [-0.2, 0) is 9.84 Å². The molecule has 0 bridgehead atoms. The fourth-order valence-electron chi connectivity index (χ4n) is 1.37. The molecular formula is C11H16O2S. The second kappa shape index (κ2) is 3.73. The van der Waals surface area contributed by atoms with Gasteiger partial charge in [0.25, 0.3) is 0 Å². The van der Waals surface area contributed by atoms with Gasteiger partial charge in [-0.05, 0) is 51.0 Å². The summed E-state index contributed by atoms with van der Waals surface area (Å²) in [5, 5.41) is -0.358. The first kappa shape index (κ1) is 11.2. The van der Waals surface area contributed by atoms with Crippen LogP contribution in [0.4, 0.5) is 0 Å². The summed E-state index contributed by atoms with van der Waals surface area (Å²) in [6, 6.07) is 5.42. The van der Waals surface area contributed by atoms with Crippen LogP contribution in [0.3, 0.4) is 0 Å². The van der Waals surface area contributed by atoms with E-state index in [4.69, 9.17) is 0 Å². The van der Waals surface area contributed by atoms with Gasteiger partial charge in [0.2, 0.25) is 0 Å². The van der Waals surface area contributed by atoms with Crippen LogP contribution in [-0.4, -0.2) is 13.7 Å². The number of hydrogen-bond acceptors (Lipinski definition) is 2. The average Bonchev–Trinajstić information content (AvgIpc) is 2.01. The Morgan fingerprint density at radius 1 is 1.00 bits per heavy atom. The summed E-state index contributed by atoms with van der Waals surface area (Å²) in [6.45, 7) is 7.22. The fraction of sp³-hybridized carbons (Fsp3) is 0.455. The third-order valence-electron chi connectivity index (χ3n) is 2.14. The molecule has 1 aromatic rings. The smallest absolute Gasteiger partial charge is 0.180 e. The lowest BCUT2D eigenvalue weighted by Crippen LogP contribution is -2.14. The van der Waals surface area contributed by atoms with E-state index in [1.165, 1.54) is 0 Å². The van der Waals surface area contributed by atoms with Gasteiger partial charge in [-0.3, -0.25) is 0 Å². The molecule has 0 aliphatic carbocycles. The van der Waals surface area contributed by atoms with E-state index >= 15 is 0 Å². The molecule has 2 nitrogen and oxygen atoms in total. The molecule has 0 fully saturated rings. The molecule has 1 aromatic carbocycles. The number of hydrogen-bond donors (Lipinski definition) is 0. The van der Waals surface area contributed by atoms with E-state index in [1.54, 1.807) is 26.0 Å². The van der Waals surface area contributed by atoms with Crippen molar-refractivity contribution in [2.75, 3.05) is 0 Å². The first-order chi connectivity index (χ1) is 6.34. The molecule has 0 aromatic heterocycles. The van der Waals surface area contributed by atoms with E-state index in [2.05, 4.69) is 0 Å². The zero-order valence-electron chi connectivity index (χ0n) is 9.03. The van der Waals surface area contributed by atoms with Crippen molar-refractivity contribution >= 4 is 9.84 Å². The van der Waals surface area contributed by atoms with Gasteiger partial charge in [-0.15, -0.1) is 0 Å². The molecule has 0 saturated heterocycles. The molecule has 0 radical (unpaired) electrons. The van der Waals surface area contributed by atoms with E-state index in [9.17, 15) is 8.42 Å². The normalized spacial score (nSPS) is 12.1. The number of sulfone groups is 1. The highest BCUT2D eigenvalue weighted by molar-refractivity contribution is 7.92. The number of benzene rings is 1. The lowest BCUT2D eigenvalue weighted by atomic mass is 10.2. The third-order valence-corrected chi connectivity index (χ3v) is 4.28. The second-order valence-electron chi connectivity index (χ2n) is 3.92. The molecule has 0 spiro atoms. The van der Waals surface area contributed by atoms with Crippen molar-refractivity contribution in [1.82, 2.24) is 0 Å². The van der Waals surface area contributed by atoms with E-state index in [0.717, 1.165) is 11.1 Å². The van der Waals surface area contributed by atoms with Crippen molar-refractivity contribution in [2.24, 2.45) is 0 Å². The van der Waals surface area contributed by atoms with Gasteiger partial charge in [0, 0.05) is 0 Å². The number of rotatable bonds is 2. The Morgan fingerprint density at radius 3 is 1.79 bits per heavy atom. The van der Waals surface area contributed by atoms with Crippen LogP contribution in [0.15, 0.2) is 23.1 Å². The van der Waals surface area contributed by atoms with Gasteiger partial charge in [-0.25, -0.2) is 8.42 Å². The summed E-state index contributed by atoms with van der Waals surface area (Å²) in [5.41, 5.74) is 1.98. The zero-order chi connectivity index (χ0) is 10.9.